The Hall–Kier alpha value is -4.39. The topological polar surface area (TPSA) is 90.7 Å². The summed E-state index contributed by atoms with van der Waals surface area (Å²) < 4.78 is 16.4. The first-order chi connectivity index (χ1) is 16.0. The number of esters is 1. The molecule has 0 aliphatic heterocycles. The first-order valence-electron chi connectivity index (χ1n) is 10.3. The van der Waals surface area contributed by atoms with Crippen LogP contribution < -0.4 is 10.1 Å². The Labute approximate surface area is 191 Å². The number of anilines is 1. The highest BCUT2D eigenvalue weighted by molar-refractivity contribution is 5.99. The van der Waals surface area contributed by atoms with E-state index < -0.39 is 18.5 Å². The van der Waals surface area contributed by atoms with E-state index in [4.69, 9.17) is 13.9 Å². The van der Waals surface area contributed by atoms with Gasteiger partial charge in [0.15, 0.2) is 12.4 Å². The Kier molecular flexibility index (Phi) is 6.50. The van der Waals surface area contributed by atoms with Gasteiger partial charge >= 0.3 is 5.97 Å². The number of methoxy groups -OCH3 is 1. The maximum atomic E-state index is 12.7. The van der Waals surface area contributed by atoms with Crippen molar-refractivity contribution in [2.24, 2.45) is 0 Å². The summed E-state index contributed by atoms with van der Waals surface area (Å²) in [7, 11) is 1.51. The zero-order valence-corrected chi connectivity index (χ0v) is 18.2. The van der Waals surface area contributed by atoms with Gasteiger partial charge in [0.25, 0.3) is 5.91 Å². The molecule has 0 fully saturated rings. The maximum Gasteiger partial charge on any atom is 0.339 e. The largest absolute Gasteiger partial charge is 0.495 e. The van der Waals surface area contributed by atoms with Gasteiger partial charge in [0, 0.05) is 5.56 Å². The summed E-state index contributed by atoms with van der Waals surface area (Å²) in [6.07, 6.45) is 1.61. The number of benzene rings is 3. The molecule has 166 valence electrons. The van der Waals surface area contributed by atoms with Crippen LogP contribution in [0.15, 0.2) is 83.4 Å². The summed E-state index contributed by atoms with van der Waals surface area (Å²) in [6.45, 7) is 1.56. The summed E-state index contributed by atoms with van der Waals surface area (Å²) in [4.78, 5) is 29.3. The molecule has 0 aliphatic rings. The van der Waals surface area contributed by atoms with Gasteiger partial charge in [0.1, 0.15) is 5.75 Å². The minimum atomic E-state index is -0.657. The lowest BCUT2D eigenvalue weighted by molar-refractivity contribution is -0.119. The Morgan fingerprint density at radius 3 is 2.48 bits per heavy atom. The van der Waals surface area contributed by atoms with Crippen LogP contribution in [0.2, 0.25) is 0 Å². The smallest absolute Gasteiger partial charge is 0.339 e. The van der Waals surface area contributed by atoms with Crippen LogP contribution in [0.25, 0.3) is 22.8 Å². The number of hydrogen-bond acceptors (Lipinski definition) is 6. The monoisotopic (exact) mass is 442 g/mol. The lowest BCUT2D eigenvalue weighted by Gasteiger charge is -2.10. The molecule has 33 heavy (non-hydrogen) atoms. The van der Waals surface area contributed by atoms with Crippen molar-refractivity contribution in [1.82, 2.24) is 4.98 Å². The minimum Gasteiger partial charge on any atom is -0.495 e. The van der Waals surface area contributed by atoms with E-state index in [9.17, 15) is 9.59 Å². The molecule has 0 unspecified atom stereocenters. The second-order valence-electron chi connectivity index (χ2n) is 7.27. The van der Waals surface area contributed by atoms with Crippen LogP contribution in [0, 0.1) is 6.92 Å². The molecule has 1 amide bonds. The molecule has 0 saturated carbocycles. The first kappa shape index (κ1) is 21.8. The second-order valence-corrected chi connectivity index (χ2v) is 7.27. The van der Waals surface area contributed by atoms with E-state index in [1.54, 1.807) is 54.7 Å². The fraction of sp³-hybridized carbons (Fsp3) is 0.115. The van der Waals surface area contributed by atoms with Crippen molar-refractivity contribution >= 4 is 17.6 Å². The van der Waals surface area contributed by atoms with Gasteiger partial charge in [0.05, 0.1) is 30.1 Å². The number of aromatic nitrogens is 1. The van der Waals surface area contributed by atoms with Crippen LogP contribution in [0.1, 0.15) is 15.9 Å². The normalized spacial score (nSPS) is 10.5. The maximum absolute atomic E-state index is 12.7. The highest BCUT2D eigenvalue weighted by Crippen LogP contribution is 2.29. The van der Waals surface area contributed by atoms with Gasteiger partial charge in [-0.2, -0.15) is 0 Å². The van der Waals surface area contributed by atoms with Gasteiger partial charge in [-0.05, 0) is 31.2 Å². The third-order valence-electron chi connectivity index (χ3n) is 4.93. The van der Waals surface area contributed by atoms with E-state index in [0.717, 1.165) is 11.1 Å². The summed E-state index contributed by atoms with van der Waals surface area (Å²) in [5, 5.41) is 2.67. The lowest BCUT2D eigenvalue weighted by atomic mass is 10.1. The summed E-state index contributed by atoms with van der Waals surface area (Å²) in [5.74, 6) is 0.246. The predicted molar refractivity (Wildman–Crippen MR) is 124 cm³/mol. The van der Waals surface area contributed by atoms with Crippen molar-refractivity contribution in [2.75, 3.05) is 19.0 Å². The van der Waals surface area contributed by atoms with Crippen molar-refractivity contribution in [3.63, 3.8) is 0 Å². The molecule has 0 bridgehead atoms. The van der Waals surface area contributed by atoms with Crippen molar-refractivity contribution in [3.8, 4) is 28.5 Å². The van der Waals surface area contributed by atoms with E-state index in [0.29, 0.717) is 22.8 Å². The van der Waals surface area contributed by atoms with Gasteiger partial charge in [-0.25, -0.2) is 9.78 Å². The number of rotatable bonds is 7. The molecule has 7 heteroatoms. The molecular weight excluding hydrogens is 420 g/mol. The number of amides is 1. The van der Waals surface area contributed by atoms with Crippen LogP contribution in [-0.2, 0) is 9.53 Å². The number of oxazole rings is 1. The van der Waals surface area contributed by atoms with Crippen molar-refractivity contribution in [1.29, 1.82) is 0 Å². The van der Waals surface area contributed by atoms with E-state index in [-0.39, 0.29) is 11.5 Å². The molecule has 4 aromatic rings. The highest BCUT2D eigenvalue weighted by atomic mass is 16.5. The van der Waals surface area contributed by atoms with Gasteiger partial charge < -0.3 is 19.2 Å². The number of carbonyl (C=O) groups is 2. The van der Waals surface area contributed by atoms with Gasteiger partial charge in [-0.15, -0.1) is 0 Å². The van der Waals surface area contributed by atoms with Crippen LogP contribution in [0.3, 0.4) is 0 Å². The van der Waals surface area contributed by atoms with E-state index in [1.807, 2.05) is 31.2 Å². The standard InChI is InChI=1S/C26H22N2O5/c1-17-11-13-18(14-12-17)23-15-27-25(33-23)19-7-3-4-8-20(19)26(30)32-16-24(29)28-21-9-5-6-10-22(21)31-2/h3-15H,16H2,1-2H3,(H,28,29). The minimum absolute atomic E-state index is 0.250. The molecule has 0 saturated heterocycles. The van der Waals surface area contributed by atoms with Crippen molar-refractivity contribution in [2.45, 2.75) is 6.92 Å². The molecule has 7 nitrogen and oxygen atoms in total. The van der Waals surface area contributed by atoms with Crippen LogP contribution in [-0.4, -0.2) is 30.6 Å². The Balaban J connectivity index is 1.46. The number of nitrogens with zero attached hydrogens (tertiary/aromatic N) is 1. The van der Waals surface area contributed by atoms with Crippen molar-refractivity contribution in [3.05, 3.63) is 90.1 Å². The van der Waals surface area contributed by atoms with Crippen LogP contribution >= 0.6 is 0 Å². The molecule has 0 radical (unpaired) electrons. The van der Waals surface area contributed by atoms with Gasteiger partial charge in [-0.3, -0.25) is 4.79 Å². The summed E-state index contributed by atoms with van der Waals surface area (Å²) in [6, 6.07) is 21.6. The number of para-hydroxylation sites is 2. The summed E-state index contributed by atoms with van der Waals surface area (Å²) in [5.41, 5.74) is 3.24. The average molecular weight is 442 g/mol. The zero-order valence-electron chi connectivity index (χ0n) is 18.2. The van der Waals surface area contributed by atoms with Crippen molar-refractivity contribution < 1.29 is 23.5 Å². The van der Waals surface area contributed by atoms with E-state index >= 15 is 0 Å². The molecule has 1 N–H and O–H groups in total. The molecule has 1 heterocycles. The van der Waals surface area contributed by atoms with Gasteiger partial charge in [0.2, 0.25) is 5.89 Å². The average Bonchev–Trinajstić information content (AvgIpc) is 3.33. The number of hydrogen-bond donors (Lipinski definition) is 1. The first-order valence-corrected chi connectivity index (χ1v) is 10.3. The molecular formula is C26H22N2O5. The van der Waals surface area contributed by atoms with Gasteiger partial charge in [-0.1, -0.05) is 54.1 Å². The number of carbonyl (C=O) groups excluding carboxylic acids is 2. The predicted octanol–water partition coefficient (Wildman–Crippen LogP) is 5.12. The fourth-order valence-corrected chi connectivity index (χ4v) is 3.24. The van der Waals surface area contributed by atoms with Crippen LogP contribution in [0.4, 0.5) is 5.69 Å². The fourth-order valence-electron chi connectivity index (χ4n) is 3.24. The molecule has 3 aromatic carbocycles. The van der Waals surface area contributed by atoms with Crippen LogP contribution in [0.5, 0.6) is 5.75 Å². The highest BCUT2D eigenvalue weighted by Gasteiger charge is 2.19. The van der Waals surface area contributed by atoms with E-state index in [2.05, 4.69) is 10.3 Å². The Morgan fingerprint density at radius 2 is 1.70 bits per heavy atom. The SMILES string of the molecule is COc1ccccc1NC(=O)COC(=O)c1ccccc1-c1ncc(-c2ccc(C)cc2)o1. The second kappa shape index (κ2) is 9.82. The number of nitrogens with one attached hydrogen (secondary N) is 1. The Bertz CT molecular complexity index is 1280. The molecule has 4 rings (SSSR count). The third-order valence-corrected chi connectivity index (χ3v) is 4.93. The number of aryl methyl sites for hydroxylation is 1. The zero-order chi connectivity index (χ0) is 23.2. The Morgan fingerprint density at radius 1 is 0.970 bits per heavy atom. The van der Waals surface area contributed by atoms with E-state index in [1.165, 1.54) is 7.11 Å². The quantitative estimate of drug-likeness (QED) is 0.400. The number of ether oxygens (including phenoxy) is 2. The molecule has 0 aliphatic carbocycles. The molecule has 0 spiro atoms. The lowest BCUT2D eigenvalue weighted by Crippen LogP contribution is -2.21. The summed E-state index contributed by atoms with van der Waals surface area (Å²) >= 11 is 0. The third kappa shape index (κ3) is 5.10. The molecule has 1 aromatic heterocycles. The molecule has 0 atom stereocenters.